The number of alkyl halides is 1. The fourth-order valence-corrected chi connectivity index (χ4v) is 3.44. The van der Waals surface area contributed by atoms with Gasteiger partial charge in [0.1, 0.15) is 6.17 Å². The zero-order valence-corrected chi connectivity index (χ0v) is 13.2. The first kappa shape index (κ1) is 14.5. The van der Waals surface area contributed by atoms with E-state index in [0.717, 1.165) is 24.8 Å². The van der Waals surface area contributed by atoms with Crippen LogP contribution >= 0.6 is 0 Å². The Labute approximate surface area is 126 Å². The van der Waals surface area contributed by atoms with Crippen LogP contribution in [0.15, 0.2) is 30.5 Å². The van der Waals surface area contributed by atoms with Gasteiger partial charge >= 0.3 is 0 Å². The van der Waals surface area contributed by atoms with Gasteiger partial charge in [-0.15, -0.1) is 0 Å². The van der Waals surface area contributed by atoms with Crippen LogP contribution in [-0.4, -0.2) is 11.2 Å². The van der Waals surface area contributed by atoms with Crippen LogP contribution < -0.4 is 0 Å². The third kappa shape index (κ3) is 2.95. The summed E-state index contributed by atoms with van der Waals surface area (Å²) in [6.07, 6.45) is 4.80. The summed E-state index contributed by atoms with van der Waals surface area (Å²) in [5, 5.41) is 1.18. The average Bonchev–Trinajstić information content (AvgIpc) is 2.45. The molecule has 0 amide bonds. The van der Waals surface area contributed by atoms with Crippen molar-refractivity contribution >= 4 is 10.9 Å². The molecule has 1 fully saturated rings. The third-order valence-electron chi connectivity index (χ3n) is 4.62. The van der Waals surface area contributed by atoms with Gasteiger partial charge in [0.25, 0.3) is 0 Å². The molecule has 1 heterocycles. The molecular weight excluding hydrogens is 261 g/mol. The number of aromatic nitrogens is 1. The third-order valence-corrected chi connectivity index (χ3v) is 4.62. The zero-order chi connectivity index (χ0) is 15.0. The molecule has 2 aromatic rings. The maximum atomic E-state index is 13.6. The molecule has 0 N–H and O–H groups in total. The summed E-state index contributed by atoms with van der Waals surface area (Å²) in [7, 11) is 0. The minimum Gasteiger partial charge on any atom is -0.256 e. The first-order valence-corrected chi connectivity index (χ1v) is 7.98. The number of halogens is 1. The Bertz CT molecular complexity index is 642. The fraction of sp³-hybridized carbons (Fsp3) is 0.526. The molecule has 0 bridgehead atoms. The van der Waals surface area contributed by atoms with E-state index in [1.165, 1.54) is 16.5 Å². The van der Waals surface area contributed by atoms with Crippen LogP contribution in [0.4, 0.5) is 4.39 Å². The number of hydrogen-bond acceptors (Lipinski definition) is 1. The highest BCUT2D eigenvalue weighted by Gasteiger charge is 2.24. The molecule has 1 aliphatic rings. The van der Waals surface area contributed by atoms with Gasteiger partial charge < -0.3 is 0 Å². The second-order valence-corrected chi connectivity index (χ2v) is 7.36. The monoisotopic (exact) mass is 285 g/mol. The molecule has 1 aliphatic carbocycles. The molecule has 1 aromatic carbocycles. The van der Waals surface area contributed by atoms with E-state index in [-0.39, 0.29) is 5.41 Å². The minimum atomic E-state index is -0.639. The Kier molecular flexibility index (Phi) is 3.73. The van der Waals surface area contributed by atoms with Crippen molar-refractivity contribution in [2.24, 2.45) is 0 Å². The van der Waals surface area contributed by atoms with Crippen LogP contribution in [-0.2, 0) is 5.41 Å². The van der Waals surface area contributed by atoms with Gasteiger partial charge in [0.05, 0.1) is 5.52 Å². The summed E-state index contributed by atoms with van der Waals surface area (Å²) < 4.78 is 13.6. The molecule has 1 saturated carbocycles. The lowest BCUT2D eigenvalue weighted by molar-refractivity contribution is 0.231. The van der Waals surface area contributed by atoms with E-state index < -0.39 is 6.17 Å². The van der Waals surface area contributed by atoms with E-state index in [9.17, 15) is 4.39 Å². The van der Waals surface area contributed by atoms with Gasteiger partial charge in [0.15, 0.2) is 0 Å². The molecule has 112 valence electrons. The molecule has 0 aliphatic heterocycles. The van der Waals surface area contributed by atoms with Gasteiger partial charge in [0, 0.05) is 11.6 Å². The van der Waals surface area contributed by atoms with E-state index >= 15 is 0 Å². The topological polar surface area (TPSA) is 12.9 Å². The molecule has 1 nitrogen and oxygen atoms in total. The molecular formula is C19H24FN. The van der Waals surface area contributed by atoms with Crippen molar-refractivity contribution < 1.29 is 4.39 Å². The highest BCUT2D eigenvalue weighted by atomic mass is 19.1. The SMILES string of the molecule is CC(C)(C)c1cccc2cc(C3CCCC(F)C3)cnc12. The smallest absolute Gasteiger partial charge is 0.101 e. The number of benzene rings is 1. The van der Waals surface area contributed by atoms with Crippen molar-refractivity contribution in [1.82, 2.24) is 4.98 Å². The second-order valence-electron chi connectivity index (χ2n) is 7.36. The zero-order valence-electron chi connectivity index (χ0n) is 13.2. The summed E-state index contributed by atoms with van der Waals surface area (Å²) in [6, 6.07) is 8.61. The van der Waals surface area contributed by atoms with Gasteiger partial charge in [0.2, 0.25) is 0 Å². The summed E-state index contributed by atoms with van der Waals surface area (Å²) in [6.45, 7) is 6.64. The number of rotatable bonds is 1. The Morgan fingerprint density at radius 1 is 1.19 bits per heavy atom. The van der Waals surface area contributed by atoms with Crippen molar-refractivity contribution in [3.63, 3.8) is 0 Å². The van der Waals surface area contributed by atoms with Gasteiger partial charge in [-0.3, -0.25) is 4.98 Å². The van der Waals surface area contributed by atoms with Gasteiger partial charge in [-0.1, -0.05) is 39.0 Å². The highest BCUT2D eigenvalue weighted by Crippen LogP contribution is 2.36. The van der Waals surface area contributed by atoms with Crippen LogP contribution in [0, 0.1) is 0 Å². The van der Waals surface area contributed by atoms with Crippen molar-refractivity contribution in [1.29, 1.82) is 0 Å². The Morgan fingerprint density at radius 2 is 2.00 bits per heavy atom. The van der Waals surface area contributed by atoms with Crippen molar-refractivity contribution in [3.05, 3.63) is 41.6 Å². The maximum Gasteiger partial charge on any atom is 0.101 e. The van der Waals surface area contributed by atoms with Crippen molar-refractivity contribution in [3.8, 4) is 0 Å². The van der Waals surface area contributed by atoms with Crippen LogP contribution in [0.1, 0.15) is 63.5 Å². The molecule has 0 radical (unpaired) electrons. The number of para-hydroxylation sites is 1. The fourth-order valence-electron chi connectivity index (χ4n) is 3.44. The van der Waals surface area contributed by atoms with Crippen LogP contribution in [0.5, 0.6) is 0 Å². The molecule has 3 rings (SSSR count). The van der Waals surface area contributed by atoms with Crippen LogP contribution in [0.25, 0.3) is 10.9 Å². The van der Waals surface area contributed by atoms with Crippen LogP contribution in [0.3, 0.4) is 0 Å². The lowest BCUT2D eigenvalue weighted by Crippen LogP contribution is -2.15. The van der Waals surface area contributed by atoms with Gasteiger partial charge in [-0.25, -0.2) is 4.39 Å². The Hall–Kier alpha value is -1.44. The van der Waals surface area contributed by atoms with E-state index in [2.05, 4.69) is 45.0 Å². The summed E-state index contributed by atoms with van der Waals surface area (Å²) in [4.78, 5) is 4.73. The molecule has 2 unspecified atom stereocenters. The first-order chi connectivity index (χ1) is 9.95. The largest absolute Gasteiger partial charge is 0.256 e. The normalized spacial score (nSPS) is 23.4. The van der Waals surface area contributed by atoms with E-state index in [0.29, 0.717) is 12.3 Å². The van der Waals surface area contributed by atoms with Crippen LogP contribution in [0.2, 0.25) is 0 Å². The number of hydrogen-bond donors (Lipinski definition) is 0. The van der Waals surface area contributed by atoms with E-state index in [1.54, 1.807) is 0 Å². The predicted octanol–water partition coefficient (Wildman–Crippen LogP) is 5.53. The molecule has 21 heavy (non-hydrogen) atoms. The van der Waals surface area contributed by atoms with E-state index in [4.69, 9.17) is 4.98 Å². The summed E-state index contributed by atoms with van der Waals surface area (Å²) in [5.41, 5.74) is 3.65. The Morgan fingerprint density at radius 3 is 2.71 bits per heavy atom. The molecule has 2 atom stereocenters. The molecule has 1 aromatic heterocycles. The van der Waals surface area contributed by atoms with Gasteiger partial charge in [-0.05, 0) is 54.2 Å². The lowest BCUT2D eigenvalue weighted by Gasteiger charge is -2.25. The van der Waals surface area contributed by atoms with Crippen molar-refractivity contribution in [2.45, 2.75) is 64.0 Å². The maximum absolute atomic E-state index is 13.6. The Balaban J connectivity index is 2.01. The quantitative estimate of drug-likeness (QED) is 0.671. The van der Waals surface area contributed by atoms with Crippen molar-refractivity contribution in [2.75, 3.05) is 0 Å². The summed E-state index contributed by atoms with van der Waals surface area (Å²) >= 11 is 0. The predicted molar refractivity (Wildman–Crippen MR) is 86.5 cm³/mol. The van der Waals surface area contributed by atoms with Gasteiger partial charge in [-0.2, -0.15) is 0 Å². The van der Waals surface area contributed by atoms with E-state index in [1.807, 2.05) is 6.20 Å². The first-order valence-electron chi connectivity index (χ1n) is 7.98. The molecule has 0 spiro atoms. The average molecular weight is 285 g/mol. The number of pyridine rings is 1. The summed E-state index contributed by atoms with van der Waals surface area (Å²) in [5.74, 6) is 0.337. The second kappa shape index (κ2) is 5.40. The standard InChI is InChI=1S/C19H24FN/c1-19(2,3)17-9-5-7-14-10-15(12-21-18(14)17)13-6-4-8-16(20)11-13/h5,7,9-10,12-13,16H,4,6,8,11H2,1-3H3. The minimum absolute atomic E-state index is 0.0862. The number of nitrogens with zero attached hydrogens (tertiary/aromatic N) is 1. The molecule has 0 saturated heterocycles. The lowest BCUT2D eigenvalue weighted by atomic mass is 9.82. The molecule has 2 heteroatoms. The highest BCUT2D eigenvalue weighted by molar-refractivity contribution is 5.83. The number of fused-ring (bicyclic) bond motifs is 1.